The zero-order valence-corrected chi connectivity index (χ0v) is 17.7. The lowest BCUT2D eigenvalue weighted by Crippen LogP contribution is -2.23. The van der Waals surface area contributed by atoms with Crippen LogP contribution in [0.15, 0.2) is 51.3 Å². The Labute approximate surface area is 170 Å². The molecular formula is C21H24N2O5S. The minimum Gasteiger partial charge on any atom is -0.494 e. The van der Waals surface area contributed by atoms with Gasteiger partial charge in [-0.2, -0.15) is 0 Å². The Bertz CT molecular complexity index is 1060. The number of hydrogen-bond acceptors (Lipinski definition) is 7. The number of carbonyl (C=O) groups is 1. The standard InChI is InChI=1S/C21H24N2O5S/c1-14-21(2,3)18-12-17(13-22-20(18)23-14)29(25,26)16-9-7-15(8-10-16)28-11-5-6-19(24)27-4/h7-10,12-13H,5-6,11H2,1-4H3. The lowest BCUT2D eigenvalue weighted by atomic mass is 9.83. The van der Waals surface area contributed by atoms with Crippen molar-refractivity contribution >= 4 is 27.3 Å². The lowest BCUT2D eigenvalue weighted by molar-refractivity contribution is -0.140. The number of carbonyl (C=O) groups excluding carboxylic acids is 1. The third-order valence-corrected chi connectivity index (χ3v) is 6.90. The van der Waals surface area contributed by atoms with E-state index in [0.717, 1.165) is 11.3 Å². The van der Waals surface area contributed by atoms with E-state index in [4.69, 9.17) is 4.74 Å². The van der Waals surface area contributed by atoms with Crippen LogP contribution in [0.25, 0.3) is 0 Å². The summed E-state index contributed by atoms with van der Waals surface area (Å²) in [5, 5.41) is 0. The molecule has 1 aliphatic rings. The predicted molar refractivity (Wildman–Crippen MR) is 109 cm³/mol. The van der Waals surface area contributed by atoms with Crippen LogP contribution in [-0.4, -0.2) is 38.8 Å². The van der Waals surface area contributed by atoms with E-state index < -0.39 is 9.84 Å². The van der Waals surface area contributed by atoms with E-state index in [0.29, 0.717) is 24.6 Å². The molecule has 0 unspecified atom stereocenters. The van der Waals surface area contributed by atoms with Crippen LogP contribution in [0.1, 0.15) is 39.2 Å². The molecule has 0 atom stereocenters. The molecule has 1 aromatic heterocycles. The summed E-state index contributed by atoms with van der Waals surface area (Å²) in [5.41, 5.74) is 1.36. The number of methoxy groups -OCH3 is 1. The molecule has 0 spiro atoms. The number of sulfone groups is 1. The number of benzene rings is 1. The van der Waals surface area contributed by atoms with Crippen molar-refractivity contribution in [3.63, 3.8) is 0 Å². The molecule has 0 amide bonds. The number of rotatable bonds is 7. The molecule has 29 heavy (non-hydrogen) atoms. The summed E-state index contributed by atoms with van der Waals surface area (Å²) in [7, 11) is -2.37. The third-order valence-electron chi connectivity index (χ3n) is 5.16. The lowest BCUT2D eigenvalue weighted by Gasteiger charge is -2.19. The van der Waals surface area contributed by atoms with Crippen LogP contribution in [0.5, 0.6) is 5.75 Å². The molecule has 0 radical (unpaired) electrons. The molecule has 8 heteroatoms. The number of pyridine rings is 1. The molecule has 1 aromatic carbocycles. The Kier molecular flexibility index (Phi) is 5.75. The van der Waals surface area contributed by atoms with E-state index in [-0.39, 0.29) is 27.6 Å². The molecule has 0 fully saturated rings. The molecule has 3 rings (SSSR count). The second-order valence-electron chi connectivity index (χ2n) is 7.37. The molecule has 0 bridgehead atoms. The van der Waals surface area contributed by atoms with Gasteiger partial charge in [0.1, 0.15) is 5.75 Å². The first-order valence-electron chi connectivity index (χ1n) is 9.27. The molecule has 0 N–H and O–H groups in total. The van der Waals surface area contributed by atoms with Crippen LogP contribution < -0.4 is 4.74 Å². The van der Waals surface area contributed by atoms with Gasteiger partial charge in [-0.05, 0) is 43.7 Å². The molecule has 2 aromatic rings. The third kappa shape index (κ3) is 4.17. The maximum Gasteiger partial charge on any atom is 0.305 e. The second-order valence-corrected chi connectivity index (χ2v) is 9.32. The van der Waals surface area contributed by atoms with Gasteiger partial charge >= 0.3 is 5.97 Å². The van der Waals surface area contributed by atoms with Crippen LogP contribution in [0.3, 0.4) is 0 Å². The molecule has 1 aliphatic heterocycles. The van der Waals surface area contributed by atoms with Crippen molar-refractivity contribution in [2.75, 3.05) is 13.7 Å². The van der Waals surface area contributed by atoms with Gasteiger partial charge in [-0.3, -0.25) is 4.79 Å². The molecule has 154 valence electrons. The monoisotopic (exact) mass is 416 g/mol. The van der Waals surface area contributed by atoms with Crippen LogP contribution >= 0.6 is 0 Å². The number of aliphatic imine (C=N–C) groups is 1. The van der Waals surface area contributed by atoms with Gasteiger partial charge in [0.25, 0.3) is 0 Å². The molecule has 0 aliphatic carbocycles. The van der Waals surface area contributed by atoms with E-state index in [2.05, 4.69) is 14.7 Å². The van der Waals surface area contributed by atoms with Gasteiger partial charge in [0.15, 0.2) is 5.82 Å². The summed E-state index contributed by atoms with van der Waals surface area (Å²) < 4.78 is 36.2. The maximum absolute atomic E-state index is 13.0. The number of fused-ring (bicyclic) bond motifs is 1. The van der Waals surface area contributed by atoms with Crippen LogP contribution in [-0.2, 0) is 24.8 Å². The molecule has 2 heterocycles. The van der Waals surface area contributed by atoms with E-state index >= 15 is 0 Å². The van der Waals surface area contributed by atoms with Crippen molar-refractivity contribution in [3.05, 3.63) is 42.1 Å². The first kappa shape index (κ1) is 21.0. The normalized spacial score (nSPS) is 14.8. The van der Waals surface area contributed by atoms with E-state index in [1.165, 1.54) is 25.4 Å². The van der Waals surface area contributed by atoms with Crippen molar-refractivity contribution < 1.29 is 22.7 Å². The summed E-state index contributed by atoms with van der Waals surface area (Å²) in [6.07, 6.45) is 2.14. The molecule has 7 nitrogen and oxygen atoms in total. The summed E-state index contributed by atoms with van der Waals surface area (Å²) in [6, 6.07) is 7.87. The molecule has 0 saturated heterocycles. The number of aromatic nitrogens is 1. The number of esters is 1. The Hall–Kier alpha value is -2.74. The first-order valence-corrected chi connectivity index (χ1v) is 10.8. The van der Waals surface area contributed by atoms with Gasteiger partial charge in [0.05, 0.1) is 23.5 Å². The Morgan fingerprint density at radius 1 is 1.14 bits per heavy atom. The number of ether oxygens (including phenoxy) is 2. The highest BCUT2D eigenvalue weighted by atomic mass is 32.2. The Morgan fingerprint density at radius 3 is 2.48 bits per heavy atom. The van der Waals surface area contributed by atoms with Gasteiger partial charge in [0, 0.05) is 29.3 Å². The molecular weight excluding hydrogens is 392 g/mol. The van der Waals surface area contributed by atoms with Gasteiger partial charge in [0.2, 0.25) is 9.84 Å². The van der Waals surface area contributed by atoms with Crippen molar-refractivity contribution in [3.8, 4) is 5.75 Å². The minimum atomic E-state index is -3.71. The number of nitrogens with zero attached hydrogens (tertiary/aromatic N) is 2. The molecule has 0 saturated carbocycles. The first-order chi connectivity index (χ1) is 13.7. The van der Waals surface area contributed by atoms with Crippen molar-refractivity contribution in [2.24, 2.45) is 4.99 Å². The number of hydrogen-bond donors (Lipinski definition) is 0. The highest BCUT2D eigenvalue weighted by molar-refractivity contribution is 7.91. The van der Waals surface area contributed by atoms with Gasteiger partial charge in [-0.15, -0.1) is 0 Å². The van der Waals surface area contributed by atoms with Crippen LogP contribution in [0, 0.1) is 0 Å². The van der Waals surface area contributed by atoms with Gasteiger partial charge < -0.3 is 9.47 Å². The SMILES string of the molecule is COC(=O)CCCOc1ccc(S(=O)(=O)c2cnc3c(c2)C(C)(C)C(C)=N3)cc1. The average Bonchev–Trinajstić information content (AvgIpc) is 2.93. The van der Waals surface area contributed by atoms with Crippen molar-refractivity contribution in [1.29, 1.82) is 0 Å². The fourth-order valence-corrected chi connectivity index (χ4v) is 4.22. The second kappa shape index (κ2) is 7.94. The van der Waals surface area contributed by atoms with Gasteiger partial charge in [-0.25, -0.2) is 18.4 Å². The van der Waals surface area contributed by atoms with E-state index in [1.54, 1.807) is 18.2 Å². The quantitative estimate of drug-likeness (QED) is 0.505. The highest BCUT2D eigenvalue weighted by Gasteiger charge is 2.34. The maximum atomic E-state index is 13.0. The van der Waals surface area contributed by atoms with Crippen LogP contribution in [0.2, 0.25) is 0 Å². The minimum absolute atomic E-state index is 0.140. The highest BCUT2D eigenvalue weighted by Crippen LogP contribution is 2.40. The summed E-state index contributed by atoms with van der Waals surface area (Å²) >= 11 is 0. The predicted octanol–water partition coefficient (Wildman–Crippen LogP) is 3.63. The smallest absolute Gasteiger partial charge is 0.305 e. The van der Waals surface area contributed by atoms with E-state index in [9.17, 15) is 13.2 Å². The van der Waals surface area contributed by atoms with Crippen molar-refractivity contribution in [2.45, 2.75) is 48.8 Å². The fourth-order valence-electron chi connectivity index (χ4n) is 2.99. The fraction of sp³-hybridized carbons (Fsp3) is 0.381. The topological polar surface area (TPSA) is 94.9 Å². The largest absolute Gasteiger partial charge is 0.494 e. The van der Waals surface area contributed by atoms with Gasteiger partial charge in [-0.1, -0.05) is 13.8 Å². The van der Waals surface area contributed by atoms with E-state index in [1.807, 2.05) is 20.8 Å². The zero-order chi connectivity index (χ0) is 21.2. The van der Waals surface area contributed by atoms with Crippen LogP contribution in [0.4, 0.5) is 5.82 Å². The Balaban J connectivity index is 1.74. The van der Waals surface area contributed by atoms with Crippen molar-refractivity contribution in [1.82, 2.24) is 4.98 Å². The zero-order valence-electron chi connectivity index (χ0n) is 16.9. The Morgan fingerprint density at radius 2 is 1.83 bits per heavy atom. The summed E-state index contributed by atoms with van der Waals surface area (Å²) in [6.45, 7) is 6.26. The summed E-state index contributed by atoms with van der Waals surface area (Å²) in [4.78, 5) is 20.1. The summed E-state index contributed by atoms with van der Waals surface area (Å²) in [5.74, 6) is 0.815. The average molecular weight is 416 g/mol.